The summed E-state index contributed by atoms with van der Waals surface area (Å²) in [5.41, 5.74) is 1.44. The standard InChI is InChI=1S/C22H22O6S2/c1-30-22(29)28-17-16-13-25-21(26-16)19(27-20(23)15-10-6-3-7-11-15)18(17)24-12-14-8-4-2-5-9-14/h2-11,16-19,21H,12-13H2,1H3/t16-,17+,18-,19+,21-/m0/s1. The van der Waals surface area contributed by atoms with Gasteiger partial charge in [-0.25, -0.2) is 4.79 Å². The fourth-order valence-electron chi connectivity index (χ4n) is 3.49. The Morgan fingerprint density at radius 3 is 2.43 bits per heavy atom. The van der Waals surface area contributed by atoms with Crippen molar-refractivity contribution < 1.29 is 28.5 Å². The number of carbonyl (C=O) groups is 1. The van der Waals surface area contributed by atoms with Gasteiger partial charge in [-0.15, -0.1) is 0 Å². The average Bonchev–Trinajstić information content (AvgIpc) is 3.23. The molecule has 2 aliphatic heterocycles. The Labute approximate surface area is 184 Å². The third kappa shape index (κ3) is 4.84. The molecule has 0 unspecified atom stereocenters. The third-order valence-electron chi connectivity index (χ3n) is 4.95. The number of thioether (sulfide) groups is 1. The molecule has 0 radical (unpaired) electrons. The molecule has 6 nitrogen and oxygen atoms in total. The van der Waals surface area contributed by atoms with Gasteiger partial charge in [0.25, 0.3) is 0 Å². The lowest BCUT2D eigenvalue weighted by Gasteiger charge is -2.39. The molecule has 0 amide bonds. The van der Waals surface area contributed by atoms with Crippen molar-refractivity contribution in [2.75, 3.05) is 12.9 Å². The van der Waals surface area contributed by atoms with Crippen molar-refractivity contribution >= 4 is 34.3 Å². The Kier molecular flexibility index (Phi) is 7.01. The fourth-order valence-corrected chi connectivity index (χ4v) is 3.80. The smallest absolute Gasteiger partial charge is 0.338 e. The highest BCUT2D eigenvalue weighted by molar-refractivity contribution is 8.22. The van der Waals surface area contributed by atoms with Crippen LogP contribution in [0.3, 0.4) is 0 Å². The van der Waals surface area contributed by atoms with E-state index in [1.165, 1.54) is 11.8 Å². The Hall–Kier alpha value is -1.97. The van der Waals surface area contributed by atoms with Crippen LogP contribution in [0.4, 0.5) is 0 Å². The van der Waals surface area contributed by atoms with Crippen LogP contribution in [0, 0.1) is 0 Å². The molecule has 2 fully saturated rings. The zero-order chi connectivity index (χ0) is 20.9. The van der Waals surface area contributed by atoms with Crippen molar-refractivity contribution in [3.8, 4) is 0 Å². The Morgan fingerprint density at radius 2 is 1.73 bits per heavy atom. The first kappa shape index (κ1) is 21.3. The molecule has 158 valence electrons. The number of thiocarbonyl (C=S) groups is 1. The predicted octanol–water partition coefficient (Wildman–Crippen LogP) is 3.59. The quantitative estimate of drug-likeness (QED) is 0.493. The predicted molar refractivity (Wildman–Crippen MR) is 116 cm³/mol. The summed E-state index contributed by atoms with van der Waals surface area (Å²) in [4.78, 5) is 12.7. The van der Waals surface area contributed by atoms with Crippen LogP contribution >= 0.6 is 24.0 Å². The van der Waals surface area contributed by atoms with Gasteiger partial charge in [-0.3, -0.25) is 0 Å². The number of hydrogen-bond donors (Lipinski definition) is 0. The minimum absolute atomic E-state index is 0.316. The normalized spacial score (nSPS) is 27.4. The van der Waals surface area contributed by atoms with Crippen LogP contribution in [0.25, 0.3) is 0 Å². The summed E-state index contributed by atoms with van der Waals surface area (Å²) in [5.74, 6) is -0.474. The fraction of sp³-hybridized carbons (Fsp3) is 0.364. The van der Waals surface area contributed by atoms with Gasteiger partial charge < -0.3 is 23.7 Å². The number of benzene rings is 2. The monoisotopic (exact) mass is 446 g/mol. The van der Waals surface area contributed by atoms with Gasteiger partial charge in [-0.1, -0.05) is 60.3 Å². The van der Waals surface area contributed by atoms with Crippen LogP contribution in [0.2, 0.25) is 0 Å². The summed E-state index contributed by atoms with van der Waals surface area (Å²) in [6.07, 6.45) is -1.18. The van der Waals surface area contributed by atoms with Crippen LogP contribution in [-0.2, 0) is 30.3 Å². The molecule has 4 rings (SSSR count). The Bertz CT molecular complexity index is 862. The molecule has 0 N–H and O–H groups in total. The second kappa shape index (κ2) is 9.89. The number of carbonyl (C=O) groups excluding carboxylic acids is 1. The van der Waals surface area contributed by atoms with Gasteiger partial charge in [0.2, 0.25) is 4.38 Å². The van der Waals surface area contributed by atoms with Gasteiger partial charge in [0, 0.05) is 0 Å². The minimum atomic E-state index is -0.796. The van der Waals surface area contributed by atoms with E-state index < -0.39 is 30.6 Å². The minimum Gasteiger partial charge on any atom is -0.469 e. The van der Waals surface area contributed by atoms with E-state index in [1.807, 2.05) is 42.7 Å². The van der Waals surface area contributed by atoms with E-state index in [0.29, 0.717) is 23.2 Å². The van der Waals surface area contributed by atoms with Gasteiger partial charge >= 0.3 is 5.97 Å². The molecule has 2 saturated heterocycles. The maximum absolute atomic E-state index is 12.7. The molecule has 2 aliphatic rings. The lowest BCUT2D eigenvalue weighted by Crippen LogP contribution is -2.57. The summed E-state index contributed by atoms with van der Waals surface area (Å²) >= 11 is 6.59. The molecule has 2 bridgehead atoms. The first-order chi connectivity index (χ1) is 14.7. The van der Waals surface area contributed by atoms with Crippen LogP contribution in [0.5, 0.6) is 0 Å². The molecule has 8 heteroatoms. The number of rotatable bonds is 6. The van der Waals surface area contributed by atoms with E-state index in [-0.39, 0.29) is 6.10 Å². The van der Waals surface area contributed by atoms with Gasteiger partial charge in [0.05, 0.1) is 18.8 Å². The molecule has 2 aromatic rings. The van der Waals surface area contributed by atoms with Crippen molar-refractivity contribution in [3.05, 3.63) is 71.8 Å². The SMILES string of the molecule is CSC(=S)O[C@H]1[C@H](OCc2ccccc2)[C@@H](OC(=O)c2ccccc2)[C@H]2OC[C@@H]1O2. The van der Waals surface area contributed by atoms with E-state index in [4.69, 9.17) is 35.9 Å². The zero-order valence-corrected chi connectivity index (χ0v) is 18.0. The summed E-state index contributed by atoms with van der Waals surface area (Å²) in [5, 5.41) is 0. The van der Waals surface area contributed by atoms with Crippen LogP contribution < -0.4 is 0 Å². The Balaban J connectivity index is 1.56. The number of fused-ring (bicyclic) bond motifs is 2. The van der Waals surface area contributed by atoms with Gasteiger partial charge in [0.15, 0.2) is 18.5 Å². The van der Waals surface area contributed by atoms with E-state index in [2.05, 4.69) is 0 Å². The van der Waals surface area contributed by atoms with Crippen molar-refractivity contribution in [3.63, 3.8) is 0 Å². The van der Waals surface area contributed by atoms with Gasteiger partial charge in [0.1, 0.15) is 12.2 Å². The van der Waals surface area contributed by atoms with Crippen molar-refractivity contribution in [2.24, 2.45) is 0 Å². The zero-order valence-electron chi connectivity index (χ0n) is 16.3. The number of esters is 1. The molecule has 2 aromatic carbocycles. The van der Waals surface area contributed by atoms with Crippen LogP contribution in [-0.4, -0.2) is 53.9 Å². The van der Waals surface area contributed by atoms with Crippen LogP contribution in [0.15, 0.2) is 60.7 Å². The number of hydrogen-bond acceptors (Lipinski definition) is 8. The summed E-state index contributed by atoms with van der Waals surface area (Å²) < 4.78 is 30.0. The summed E-state index contributed by atoms with van der Waals surface area (Å²) in [6.45, 7) is 0.646. The molecule has 0 aromatic heterocycles. The second-order valence-corrected chi connectivity index (χ2v) is 8.32. The van der Waals surface area contributed by atoms with Crippen molar-refractivity contribution in [2.45, 2.75) is 37.3 Å². The van der Waals surface area contributed by atoms with E-state index in [9.17, 15) is 4.79 Å². The molecule has 0 saturated carbocycles. The molecule has 2 heterocycles. The molecule has 30 heavy (non-hydrogen) atoms. The van der Waals surface area contributed by atoms with E-state index in [1.54, 1.807) is 24.3 Å². The molecule has 0 aliphatic carbocycles. The lowest BCUT2D eigenvalue weighted by atomic mass is 10.00. The molecular formula is C22H22O6S2. The first-order valence-corrected chi connectivity index (χ1v) is 11.2. The summed E-state index contributed by atoms with van der Waals surface area (Å²) in [7, 11) is 0. The second-order valence-electron chi connectivity index (χ2n) is 6.91. The third-order valence-corrected chi connectivity index (χ3v) is 5.98. The maximum atomic E-state index is 12.7. The topological polar surface area (TPSA) is 63.2 Å². The van der Waals surface area contributed by atoms with E-state index >= 15 is 0 Å². The van der Waals surface area contributed by atoms with Crippen molar-refractivity contribution in [1.29, 1.82) is 0 Å². The molecule has 0 spiro atoms. The van der Waals surface area contributed by atoms with E-state index in [0.717, 1.165) is 5.56 Å². The number of ether oxygens (including phenoxy) is 5. The average molecular weight is 447 g/mol. The maximum Gasteiger partial charge on any atom is 0.338 e. The highest BCUT2D eigenvalue weighted by atomic mass is 32.2. The van der Waals surface area contributed by atoms with Gasteiger partial charge in [-0.2, -0.15) is 0 Å². The lowest BCUT2D eigenvalue weighted by molar-refractivity contribution is -0.239. The highest BCUT2D eigenvalue weighted by Gasteiger charge is 2.55. The van der Waals surface area contributed by atoms with Crippen molar-refractivity contribution in [1.82, 2.24) is 0 Å². The van der Waals surface area contributed by atoms with Gasteiger partial charge in [-0.05, 0) is 36.2 Å². The molecule has 5 atom stereocenters. The molecular weight excluding hydrogens is 424 g/mol. The highest BCUT2D eigenvalue weighted by Crippen LogP contribution is 2.35. The Morgan fingerprint density at radius 1 is 1.03 bits per heavy atom. The first-order valence-electron chi connectivity index (χ1n) is 9.59. The summed E-state index contributed by atoms with van der Waals surface area (Å²) in [6, 6.07) is 18.6. The van der Waals surface area contributed by atoms with Crippen LogP contribution in [0.1, 0.15) is 15.9 Å². The largest absolute Gasteiger partial charge is 0.469 e.